The van der Waals surface area contributed by atoms with Gasteiger partial charge in [-0.25, -0.2) is 0 Å². The predicted octanol–water partition coefficient (Wildman–Crippen LogP) is 2.54. The van der Waals surface area contributed by atoms with Gasteiger partial charge < -0.3 is 4.74 Å². The van der Waals surface area contributed by atoms with E-state index in [1.165, 1.54) is 32.1 Å². The van der Waals surface area contributed by atoms with E-state index >= 15 is 0 Å². The van der Waals surface area contributed by atoms with Crippen LogP contribution in [0, 0.1) is 5.92 Å². The van der Waals surface area contributed by atoms with Crippen LogP contribution in [0.3, 0.4) is 0 Å². The molecule has 0 aliphatic carbocycles. The van der Waals surface area contributed by atoms with Gasteiger partial charge in [0.2, 0.25) is 0 Å². The molecule has 2 atom stereocenters. The monoisotopic (exact) mass is 185 g/mol. The van der Waals surface area contributed by atoms with Gasteiger partial charge >= 0.3 is 0 Å². The van der Waals surface area contributed by atoms with E-state index in [-0.39, 0.29) is 0 Å². The average molecular weight is 185 g/mol. The first-order chi connectivity index (χ1) is 6.33. The second-order valence-electron chi connectivity index (χ2n) is 4.24. The number of hydrogen-bond acceptors (Lipinski definition) is 2. The number of ether oxygens (including phenoxy) is 1. The van der Waals surface area contributed by atoms with Crippen LogP contribution in [0.25, 0.3) is 0 Å². The Balaban J connectivity index is 1.93. The summed E-state index contributed by atoms with van der Waals surface area (Å²) in [5.74, 6) is 0.910. The highest BCUT2D eigenvalue weighted by atomic mass is 16.5. The zero-order chi connectivity index (χ0) is 9.52. The van der Waals surface area contributed by atoms with Gasteiger partial charge in [-0.1, -0.05) is 39.5 Å². The minimum absolute atomic E-state index is 0.633. The highest BCUT2D eigenvalue weighted by Crippen LogP contribution is 2.15. The summed E-state index contributed by atoms with van der Waals surface area (Å²) in [5, 5.41) is 3.34. The maximum atomic E-state index is 5.25. The van der Waals surface area contributed by atoms with Gasteiger partial charge in [0.25, 0.3) is 0 Å². The van der Waals surface area contributed by atoms with Crippen LogP contribution in [-0.4, -0.2) is 19.4 Å². The summed E-state index contributed by atoms with van der Waals surface area (Å²) >= 11 is 0. The first-order valence-corrected chi connectivity index (χ1v) is 5.64. The standard InChI is InChI=1S/C11H23NO/c1-3-5-10(2)6-4-7-11-8-13-9-12-11/h10-12H,3-9H2,1-2H3. The summed E-state index contributed by atoms with van der Waals surface area (Å²) in [6, 6.07) is 0.633. The minimum Gasteiger partial charge on any atom is -0.365 e. The van der Waals surface area contributed by atoms with E-state index in [4.69, 9.17) is 4.74 Å². The molecule has 0 aromatic carbocycles. The molecule has 0 aromatic heterocycles. The number of hydrogen-bond donors (Lipinski definition) is 1. The SMILES string of the molecule is CCCC(C)CCCC1COCN1. The first kappa shape index (κ1) is 11.0. The predicted molar refractivity (Wildman–Crippen MR) is 55.7 cm³/mol. The molecule has 78 valence electrons. The molecule has 13 heavy (non-hydrogen) atoms. The van der Waals surface area contributed by atoms with Crippen molar-refractivity contribution < 1.29 is 4.74 Å². The lowest BCUT2D eigenvalue weighted by atomic mass is 9.98. The lowest BCUT2D eigenvalue weighted by molar-refractivity contribution is 0.188. The van der Waals surface area contributed by atoms with Gasteiger partial charge in [-0.2, -0.15) is 0 Å². The normalized spacial score (nSPS) is 24.9. The smallest absolute Gasteiger partial charge is 0.0968 e. The maximum absolute atomic E-state index is 5.25. The van der Waals surface area contributed by atoms with Crippen molar-refractivity contribution in [2.24, 2.45) is 5.92 Å². The lowest BCUT2D eigenvalue weighted by Crippen LogP contribution is -2.23. The largest absolute Gasteiger partial charge is 0.365 e. The van der Waals surface area contributed by atoms with E-state index < -0.39 is 0 Å². The molecule has 0 bridgehead atoms. The molecule has 0 spiro atoms. The van der Waals surface area contributed by atoms with Crippen LogP contribution >= 0.6 is 0 Å². The van der Waals surface area contributed by atoms with Crippen LogP contribution in [0.4, 0.5) is 0 Å². The van der Waals surface area contributed by atoms with Crippen molar-refractivity contribution in [2.75, 3.05) is 13.3 Å². The van der Waals surface area contributed by atoms with Gasteiger partial charge in [-0.3, -0.25) is 5.32 Å². The summed E-state index contributed by atoms with van der Waals surface area (Å²) in [4.78, 5) is 0. The zero-order valence-corrected chi connectivity index (χ0v) is 9.01. The van der Waals surface area contributed by atoms with Crippen molar-refractivity contribution in [1.82, 2.24) is 5.32 Å². The number of rotatable bonds is 6. The van der Waals surface area contributed by atoms with Crippen LogP contribution in [0.2, 0.25) is 0 Å². The molecule has 1 aliphatic rings. The molecular weight excluding hydrogens is 162 g/mol. The Morgan fingerprint density at radius 1 is 1.46 bits per heavy atom. The molecule has 0 radical (unpaired) electrons. The van der Waals surface area contributed by atoms with E-state index in [9.17, 15) is 0 Å². The first-order valence-electron chi connectivity index (χ1n) is 5.64. The summed E-state index contributed by atoms with van der Waals surface area (Å²) in [5.41, 5.74) is 0. The highest BCUT2D eigenvalue weighted by Gasteiger charge is 2.13. The maximum Gasteiger partial charge on any atom is 0.0968 e. The van der Waals surface area contributed by atoms with E-state index in [1.807, 2.05) is 0 Å². The Bertz CT molecular complexity index is 121. The van der Waals surface area contributed by atoms with Crippen LogP contribution < -0.4 is 5.32 Å². The molecule has 1 N–H and O–H groups in total. The van der Waals surface area contributed by atoms with E-state index in [1.54, 1.807) is 0 Å². The van der Waals surface area contributed by atoms with Gasteiger partial charge in [0, 0.05) is 6.04 Å². The molecule has 0 aromatic rings. The zero-order valence-electron chi connectivity index (χ0n) is 9.01. The third kappa shape index (κ3) is 4.63. The van der Waals surface area contributed by atoms with Gasteiger partial charge in [-0.05, 0) is 12.3 Å². The molecule has 1 aliphatic heterocycles. The molecular formula is C11H23NO. The van der Waals surface area contributed by atoms with Crippen LogP contribution in [0.5, 0.6) is 0 Å². The molecule has 0 saturated carbocycles. The third-order valence-electron chi connectivity index (χ3n) is 2.82. The molecule has 2 heteroatoms. The highest BCUT2D eigenvalue weighted by molar-refractivity contribution is 4.69. The van der Waals surface area contributed by atoms with Crippen LogP contribution in [0.1, 0.15) is 46.0 Å². The van der Waals surface area contributed by atoms with Crippen molar-refractivity contribution in [3.8, 4) is 0 Å². The van der Waals surface area contributed by atoms with Gasteiger partial charge in [-0.15, -0.1) is 0 Å². The molecule has 1 fully saturated rings. The van der Waals surface area contributed by atoms with Gasteiger partial charge in [0.05, 0.1) is 13.3 Å². The summed E-state index contributed by atoms with van der Waals surface area (Å²) in [6.07, 6.45) is 6.73. The van der Waals surface area contributed by atoms with Gasteiger partial charge in [0.1, 0.15) is 0 Å². The Morgan fingerprint density at radius 2 is 2.31 bits per heavy atom. The molecule has 1 saturated heterocycles. The Morgan fingerprint density at radius 3 is 2.92 bits per heavy atom. The van der Waals surface area contributed by atoms with Crippen LogP contribution in [0.15, 0.2) is 0 Å². The fourth-order valence-electron chi connectivity index (χ4n) is 1.97. The Kier molecular flexibility index (Phi) is 5.40. The van der Waals surface area contributed by atoms with Crippen LogP contribution in [-0.2, 0) is 4.74 Å². The molecule has 1 heterocycles. The van der Waals surface area contributed by atoms with Crippen molar-refractivity contribution in [3.63, 3.8) is 0 Å². The Hall–Kier alpha value is -0.0800. The fraction of sp³-hybridized carbons (Fsp3) is 1.00. The summed E-state index contributed by atoms with van der Waals surface area (Å²) in [7, 11) is 0. The molecule has 2 nitrogen and oxygen atoms in total. The topological polar surface area (TPSA) is 21.3 Å². The summed E-state index contributed by atoms with van der Waals surface area (Å²) in [6.45, 7) is 6.31. The second-order valence-corrected chi connectivity index (χ2v) is 4.24. The number of nitrogens with one attached hydrogen (secondary N) is 1. The molecule has 1 rings (SSSR count). The van der Waals surface area contributed by atoms with E-state index in [0.29, 0.717) is 6.04 Å². The van der Waals surface area contributed by atoms with Gasteiger partial charge in [0.15, 0.2) is 0 Å². The summed E-state index contributed by atoms with van der Waals surface area (Å²) < 4.78 is 5.25. The quantitative estimate of drug-likeness (QED) is 0.686. The minimum atomic E-state index is 0.633. The Labute approximate surface area is 82.0 Å². The molecule has 0 amide bonds. The van der Waals surface area contributed by atoms with Crippen molar-refractivity contribution >= 4 is 0 Å². The lowest BCUT2D eigenvalue weighted by Gasteiger charge is -2.11. The van der Waals surface area contributed by atoms with Crippen molar-refractivity contribution in [3.05, 3.63) is 0 Å². The van der Waals surface area contributed by atoms with Crippen molar-refractivity contribution in [2.45, 2.75) is 52.0 Å². The fourth-order valence-corrected chi connectivity index (χ4v) is 1.97. The molecule has 2 unspecified atom stereocenters. The second kappa shape index (κ2) is 6.39. The van der Waals surface area contributed by atoms with E-state index in [0.717, 1.165) is 19.3 Å². The van der Waals surface area contributed by atoms with Crippen molar-refractivity contribution in [1.29, 1.82) is 0 Å². The third-order valence-corrected chi connectivity index (χ3v) is 2.82. The average Bonchev–Trinajstić information content (AvgIpc) is 2.57. The van der Waals surface area contributed by atoms with E-state index in [2.05, 4.69) is 19.2 Å².